The molecule has 2 heterocycles. The summed E-state index contributed by atoms with van der Waals surface area (Å²) in [5, 5.41) is 6.76. The van der Waals surface area contributed by atoms with Crippen molar-refractivity contribution in [3.8, 4) is 0 Å². The second-order valence-electron chi connectivity index (χ2n) is 3.97. The molecule has 0 unspecified atom stereocenters. The second-order valence-corrected chi connectivity index (χ2v) is 4.34. The molecule has 8 nitrogen and oxygen atoms in total. The predicted molar refractivity (Wildman–Crippen MR) is 74.9 cm³/mol. The van der Waals surface area contributed by atoms with E-state index in [1.165, 1.54) is 19.6 Å². The number of halogens is 1. The maximum absolute atomic E-state index is 11.9. The van der Waals surface area contributed by atoms with Crippen LogP contribution in [0.25, 0.3) is 0 Å². The minimum absolute atomic E-state index is 0.0528. The molecule has 2 aromatic rings. The van der Waals surface area contributed by atoms with Crippen molar-refractivity contribution in [2.45, 2.75) is 13.1 Å². The summed E-state index contributed by atoms with van der Waals surface area (Å²) in [4.78, 5) is 30.9. The molecule has 2 rings (SSSR count). The maximum Gasteiger partial charge on any atom is 0.327 e. The summed E-state index contributed by atoms with van der Waals surface area (Å²) in [7, 11) is 1.23. The third-order valence-electron chi connectivity index (χ3n) is 2.59. The standard InChI is InChI=1S/C12H12ClN5O3/c1-21-10(19)6-18-12(20)11(13)9(5-17-18)15-4-8-2-3-14-7-16-8/h2-3,5,7,15H,4,6H2,1H3. The van der Waals surface area contributed by atoms with Crippen molar-refractivity contribution in [1.29, 1.82) is 0 Å². The van der Waals surface area contributed by atoms with Gasteiger partial charge >= 0.3 is 5.97 Å². The minimum atomic E-state index is -0.581. The highest BCUT2D eigenvalue weighted by molar-refractivity contribution is 6.32. The van der Waals surface area contributed by atoms with Crippen molar-refractivity contribution in [2.24, 2.45) is 0 Å². The first-order valence-corrected chi connectivity index (χ1v) is 6.31. The summed E-state index contributed by atoms with van der Waals surface area (Å²) >= 11 is 5.97. The SMILES string of the molecule is COC(=O)Cn1ncc(NCc2ccncn2)c(Cl)c1=O. The Labute approximate surface area is 124 Å². The first-order valence-electron chi connectivity index (χ1n) is 5.93. The van der Waals surface area contributed by atoms with Crippen LogP contribution in [-0.4, -0.2) is 32.8 Å². The molecule has 9 heteroatoms. The van der Waals surface area contributed by atoms with Gasteiger partial charge in [0.15, 0.2) is 0 Å². The molecule has 0 amide bonds. The van der Waals surface area contributed by atoms with Gasteiger partial charge in [0.05, 0.1) is 31.2 Å². The van der Waals surface area contributed by atoms with Gasteiger partial charge < -0.3 is 10.1 Å². The van der Waals surface area contributed by atoms with Crippen LogP contribution in [0.1, 0.15) is 5.69 Å². The van der Waals surface area contributed by atoms with E-state index in [-0.39, 0.29) is 11.6 Å². The number of carbonyl (C=O) groups is 1. The molecule has 0 atom stereocenters. The lowest BCUT2D eigenvalue weighted by Gasteiger charge is -2.09. The zero-order valence-electron chi connectivity index (χ0n) is 11.1. The molecule has 2 aromatic heterocycles. The number of rotatable bonds is 5. The lowest BCUT2D eigenvalue weighted by molar-refractivity contribution is -0.141. The van der Waals surface area contributed by atoms with Crippen molar-refractivity contribution < 1.29 is 9.53 Å². The Kier molecular flexibility index (Phi) is 4.83. The Hall–Kier alpha value is -2.48. The fourth-order valence-electron chi connectivity index (χ4n) is 1.50. The number of nitrogens with zero attached hydrogens (tertiary/aromatic N) is 4. The van der Waals surface area contributed by atoms with Crippen molar-refractivity contribution in [3.63, 3.8) is 0 Å². The first-order chi connectivity index (χ1) is 10.1. The van der Waals surface area contributed by atoms with Gasteiger partial charge in [-0.15, -0.1) is 0 Å². The fraction of sp³-hybridized carbons (Fsp3) is 0.250. The maximum atomic E-state index is 11.9. The fourth-order valence-corrected chi connectivity index (χ4v) is 1.71. The summed E-state index contributed by atoms with van der Waals surface area (Å²) in [5.41, 5.74) is 0.524. The Morgan fingerprint density at radius 1 is 1.52 bits per heavy atom. The van der Waals surface area contributed by atoms with Crippen molar-refractivity contribution in [1.82, 2.24) is 19.7 Å². The monoisotopic (exact) mass is 309 g/mol. The van der Waals surface area contributed by atoms with Crippen LogP contribution in [0.15, 0.2) is 29.6 Å². The molecule has 0 fully saturated rings. The summed E-state index contributed by atoms with van der Waals surface area (Å²) < 4.78 is 5.41. The Balaban J connectivity index is 2.13. The van der Waals surface area contributed by atoms with Crippen molar-refractivity contribution >= 4 is 23.3 Å². The van der Waals surface area contributed by atoms with Gasteiger partial charge in [-0.1, -0.05) is 11.6 Å². The average molecular weight is 310 g/mol. The third kappa shape index (κ3) is 3.76. The summed E-state index contributed by atoms with van der Waals surface area (Å²) in [5.74, 6) is -0.581. The Morgan fingerprint density at radius 3 is 3.00 bits per heavy atom. The molecule has 0 aliphatic heterocycles. The number of aromatic nitrogens is 4. The quantitative estimate of drug-likeness (QED) is 0.801. The second kappa shape index (κ2) is 6.80. The number of ether oxygens (including phenoxy) is 1. The first kappa shape index (κ1) is 14.9. The van der Waals surface area contributed by atoms with E-state index in [9.17, 15) is 9.59 Å². The largest absolute Gasteiger partial charge is 0.468 e. The Bertz CT molecular complexity index is 689. The highest BCUT2D eigenvalue weighted by Gasteiger charge is 2.12. The van der Waals surface area contributed by atoms with E-state index in [1.807, 2.05) is 0 Å². The van der Waals surface area contributed by atoms with Crippen LogP contribution in [0.5, 0.6) is 0 Å². The molecule has 0 saturated carbocycles. The van der Waals surface area contributed by atoms with Gasteiger partial charge in [0, 0.05) is 6.20 Å². The van der Waals surface area contributed by atoms with Gasteiger partial charge in [-0.2, -0.15) is 5.10 Å². The third-order valence-corrected chi connectivity index (χ3v) is 2.96. The molecule has 0 bridgehead atoms. The van der Waals surface area contributed by atoms with Crippen LogP contribution in [0.2, 0.25) is 5.02 Å². The molecule has 0 aliphatic rings. The molecule has 0 saturated heterocycles. The molecule has 21 heavy (non-hydrogen) atoms. The van der Waals surface area contributed by atoms with E-state index < -0.39 is 11.5 Å². The van der Waals surface area contributed by atoms with E-state index in [0.717, 1.165) is 10.4 Å². The number of hydrogen-bond acceptors (Lipinski definition) is 7. The summed E-state index contributed by atoms with van der Waals surface area (Å²) in [6.07, 6.45) is 4.40. The molecular formula is C12H12ClN5O3. The number of anilines is 1. The topological polar surface area (TPSA) is 99.0 Å². The van der Waals surface area contributed by atoms with Crippen LogP contribution in [-0.2, 0) is 22.6 Å². The van der Waals surface area contributed by atoms with Gasteiger partial charge in [0.2, 0.25) is 0 Å². The summed E-state index contributed by atoms with van der Waals surface area (Å²) in [6, 6.07) is 1.73. The number of carbonyl (C=O) groups excluding carboxylic acids is 1. The van der Waals surface area contributed by atoms with Crippen molar-refractivity contribution in [2.75, 3.05) is 12.4 Å². The van der Waals surface area contributed by atoms with E-state index >= 15 is 0 Å². The van der Waals surface area contributed by atoms with Gasteiger partial charge in [0.25, 0.3) is 5.56 Å². The van der Waals surface area contributed by atoms with Gasteiger partial charge in [-0.3, -0.25) is 9.59 Å². The van der Waals surface area contributed by atoms with Crippen molar-refractivity contribution in [3.05, 3.63) is 45.9 Å². The lowest BCUT2D eigenvalue weighted by Crippen LogP contribution is -2.28. The van der Waals surface area contributed by atoms with Crippen LogP contribution in [0, 0.1) is 0 Å². The number of esters is 1. The van der Waals surface area contributed by atoms with Crippen LogP contribution < -0.4 is 10.9 Å². The zero-order chi connectivity index (χ0) is 15.2. The number of methoxy groups -OCH3 is 1. The lowest BCUT2D eigenvalue weighted by atomic mass is 10.4. The minimum Gasteiger partial charge on any atom is -0.468 e. The molecule has 110 valence electrons. The van der Waals surface area contributed by atoms with Gasteiger partial charge in [0.1, 0.15) is 17.9 Å². The smallest absolute Gasteiger partial charge is 0.327 e. The number of nitrogens with one attached hydrogen (secondary N) is 1. The normalized spacial score (nSPS) is 10.2. The predicted octanol–water partition coefficient (Wildman–Crippen LogP) is 0.472. The average Bonchev–Trinajstić information content (AvgIpc) is 2.52. The number of hydrogen-bond donors (Lipinski definition) is 1. The van der Waals surface area contributed by atoms with E-state index in [1.54, 1.807) is 12.3 Å². The zero-order valence-corrected chi connectivity index (χ0v) is 11.9. The highest BCUT2D eigenvalue weighted by atomic mass is 35.5. The Morgan fingerprint density at radius 2 is 2.33 bits per heavy atom. The van der Waals surface area contributed by atoms with Gasteiger partial charge in [-0.25, -0.2) is 14.6 Å². The molecule has 0 spiro atoms. The van der Waals surface area contributed by atoms with Crippen LogP contribution in [0.4, 0.5) is 5.69 Å². The van der Waals surface area contributed by atoms with E-state index in [4.69, 9.17) is 11.6 Å². The van der Waals surface area contributed by atoms with Crippen LogP contribution >= 0.6 is 11.6 Å². The molecule has 0 radical (unpaired) electrons. The van der Waals surface area contributed by atoms with Gasteiger partial charge in [-0.05, 0) is 6.07 Å². The van der Waals surface area contributed by atoms with E-state index in [2.05, 4.69) is 25.1 Å². The molecular weight excluding hydrogens is 298 g/mol. The highest BCUT2D eigenvalue weighted by Crippen LogP contribution is 2.15. The van der Waals surface area contributed by atoms with E-state index in [0.29, 0.717) is 12.2 Å². The van der Waals surface area contributed by atoms with Crippen LogP contribution in [0.3, 0.4) is 0 Å². The summed E-state index contributed by atoms with van der Waals surface area (Å²) in [6.45, 7) is 0.0750. The molecule has 0 aliphatic carbocycles. The molecule has 1 N–H and O–H groups in total. The molecule has 0 aromatic carbocycles.